The molecule has 0 unspecified atom stereocenters. The van der Waals surface area contributed by atoms with Crippen LogP contribution in [0.2, 0.25) is 0 Å². The first kappa shape index (κ1) is 16.2. The average Bonchev–Trinajstić information content (AvgIpc) is 2.98. The number of amides is 2. The number of nitrogens with one attached hydrogen (secondary N) is 2. The summed E-state index contributed by atoms with van der Waals surface area (Å²) in [4.78, 5) is 27.6. The van der Waals surface area contributed by atoms with Crippen molar-refractivity contribution in [3.63, 3.8) is 0 Å². The molecule has 1 aromatic heterocycles. The first-order valence-corrected chi connectivity index (χ1v) is 8.04. The standard InChI is InChI=1S/C16H19N3O2S/c1-11(2)6-15(20)19-13-5-3-4-12(7-13)8-17-16(21)14-9-22-10-18-14/h3-5,7,9-11H,6,8H2,1-2H3,(H,17,21)(H,19,20). The van der Waals surface area contributed by atoms with E-state index in [0.717, 1.165) is 11.3 Å². The Balaban J connectivity index is 1.91. The molecule has 116 valence electrons. The van der Waals surface area contributed by atoms with Crippen LogP contribution < -0.4 is 10.6 Å². The van der Waals surface area contributed by atoms with Crippen LogP contribution in [0.15, 0.2) is 35.2 Å². The van der Waals surface area contributed by atoms with Crippen LogP contribution in [0.1, 0.15) is 36.3 Å². The molecule has 2 aromatic rings. The molecule has 6 heteroatoms. The molecule has 0 radical (unpaired) electrons. The van der Waals surface area contributed by atoms with Crippen molar-refractivity contribution in [2.24, 2.45) is 5.92 Å². The zero-order valence-electron chi connectivity index (χ0n) is 12.6. The van der Waals surface area contributed by atoms with Crippen LogP contribution in [0, 0.1) is 5.92 Å². The third-order valence-corrected chi connectivity index (χ3v) is 3.51. The zero-order chi connectivity index (χ0) is 15.9. The number of nitrogens with zero attached hydrogens (tertiary/aromatic N) is 1. The zero-order valence-corrected chi connectivity index (χ0v) is 13.4. The van der Waals surface area contributed by atoms with Crippen molar-refractivity contribution in [2.45, 2.75) is 26.8 Å². The molecule has 0 spiro atoms. The van der Waals surface area contributed by atoms with E-state index in [1.807, 2.05) is 38.1 Å². The van der Waals surface area contributed by atoms with Crippen molar-refractivity contribution in [3.05, 3.63) is 46.4 Å². The van der Waals surface area contributed by atoms with Crippen LogP contribution in [0.25, 0.3) is 0 Å². The SMILES string of the molecule is CC(C)CC(=O)Nc1cccc(CNC(=O)c2cscn2)c1. The maximum atomic E-state index is 11.8. The third kappa shape index (κ3) is 4.96. The number of carbonyl (C=O) groups excluding carboxylic acids is 2. The van der Waals surface area contributed by atoms with E-state index in [4.69, 9.17) is 0 Å². The lowest BCUT2D eigenvalue weighted by atomic mass is 10.1. The predicted octanol–water partition coefficient (Wildman–Crippen LogP) is 3.06. The second-order valence-electron chi connectivity index (χ2n) is 5.40. The van der Waals surface area contributed by atoms with E-state index in [9.17, 15) is 9.59 Å². The van der Waals surface area contributed by atoms with Gasteiger partial charge in [-0.2, -0.15) is 0 Å². The Morgan fingerprint density at radius 1 is 1.32 bits per heavy atom. The molecular weight excluding hydrogens is 298 g/mol. The number of benzene rings is 1. The third-order valence-electron chi connectivity index (χ3n) is 2.92. The van der Waals surface area contributed by atoms with Crippen LogP contribution >= 0.6 is 11.3 Å². The molecule has 0 saturated heterocycles. The number of aromatic nitrogens is 1. The number of hydrogen-bond donors (Lipinski definition) is 2. The summed E-state index contributed by atoms with van der Waals surface area (Å²) in [6, 6.07) is 7.46. The molecule has 0 aliphatic carbocycles. The first-order chi connectivity index (χ1) is 10.5. The highest BCUT2D eigenvalue weighted by atomic mass is 32.1. The minimum absolute atomic E-state index is 0.00124. The average molecular weight is 317 g/mol. The molecule has 0 aliphatic rings. The Labute approximate surface area is 133 Å². The van der Waals surface area contributed by atoms with Gasteiger partial charge in [-0.3, -0.25) is 9.59 Å². The number of hydrogen-bond acceptors (Lipinski definition) is 4. The van der Waals surface area contributed by atoms with Crippen LogP contribution in [0.5, 0.6) is 0 Å². The summed E-state index contributed by atoms with van der Waals surface area (Å²) in [6.07, 6.45) is 0.491. The van der Waals surface area contributed by atoms with E-state index in [1.54, 1.807) is 10.9 Å². The maximum Gasteiger partial charge on any atom is 0.271 e. The Hall–Kier alpha value is -2.21. The van der Waals surface area contributed by atoms with Crippen LogP contribution in [0.4, 0.5) is 5.69 Å². The smallest absolute Gasteiger partial charge is 0.271 e. The minimum atomic E-state index is -0.199. The highest BCUT2D eigenvalue weighted by molar-refractivity contribution is 7.07. The van der Waals surface area contributed by atoms with Gasteiger partial charge in [0, 0.05) is 24.0 Å². The molecule has 0 atom stereocenters. The van der Waals surface area contributed by atoms with Crippen LogP contribution in [-0.4, -0.2) is 16.8 Å². The lowest BCUT2D eigenvalue weighted by Gasteiger charge is -2.09. The van der Waals surface area contributed by atoms with Gasteiger partial charge in [0.25, 0.3) is 5.91 Å². The highest BCUT2D eigenvalue weighted by Gasteiger charge is 2.08. The molecule has 0 saturated carbocycles. The van der Waals surface area contributed by atoms with E-state index < -0.39 is 0 Å². The maximum absolute atomic E-state index is 11.8. The Kier molecular flexibility index (Phi) is 5.66. The Morgan fingerprint density at radius 3 is 2.82 bits per heavy atom. The lowest BCUT2D eigenvalue weighted by molar-refractivity contribution is -0.116. The minimum Gasteiger partial charge on any atom is -0.347 e. The van der Waals surface area contributed by atoms with Gasteiger partial charge >= 0.3 is 0 Å². The fourth-order valence-corrected chi connectivity index (χ4v) is 2.47. The van der Waals surface area contributed by atoms with Gasteiger partial charge < -0.3 is 10.6 Å². The number of thiazole rings is 1. The van der Waals surface area contributed by atoms with E-state index in [-0.39, 0.29) is 11.8 Å². The van der Waals surface area contributed by atoms with Gasteiger partial charge in [0.2, 0.25) is 5.91 Å². The summed E-state index contributed by atoms with van der Waals surface area (Å²) in [5, 5.41) is 7.38. The van der Waals surface area contributed by atoms with Gasteiger partial charge in [0.05, 0.1) is 5.51 Å². The fourth-order valence-electron chi connectivity index (χ4n) is 1.94. The molecule has 5 nitrogen and oxygen atoms in total. The predicted molar refractivity (Wildman–Crippen MR) is 87.8 cm³/mol. The van der Waals surface area contributed by atoms with Gasteiger partial charge in [-0.15, -0.1) is 11.3 Å². The van der Waals surface area contributed by atoms with E-state index >= 15 is 0 Å². The summed E-state index contributed by atoms with van der Waals surface area (Å²) in [5.74, 6) is 0.120. The van der Waals surface area contributed by atoms with Crippen molar-refractivity contribution >= 4 is 28.8 Å². The number of carbonyl (C=O) groups is 2. The first-order valence-electron chi connectivity index (χ1n) is 7.10. The van der Waals surface area contributed by atoms with Crippen molar-refractivity contribution in [2.75, 3.05) is 5.32 Å². The Morgan fingerprint density at radius 2 is 2.14 bits per heavy atom. The molecule has 1 aromatic carbocycles. The monoisotopic (exact) mass is 317 g/mol. The van der Waals surface area contributed by atoms with Gasteiger partial charge in [-0.25, -0.2) is 4.98 Å². The van der Waals surface area contributed by atoms with E-state index in [1.165, 1.54) is 11.3 Å². The second-order valence-corrected chi connectivity index (χ2v) is 6.12. The van der Waals surface area contributed by atoms with Crippen molar-refractivity contribution in [3.8, 4) is 0 Å². The normalized spacial score (nSPS) is 10.5. The summed E-state index contributed by atoms with van der Waals surface area (Å²) in [6.45, 7) is 4.40. The number of rotatable bonds is 6. The summed E-state index contributed by atoms with van der Waals surface area (Å²) in [5.41, 5.74) is 3.71. The molecule has 0 bridgehead atoms. The van der Waals surface area contributed by atoms with Gasteiger partial charge in [0.15, 0.2) is 0 Å². The largest absolute Gasteiger partial charge is 0.347 e. The molecule has 0 aliphatic heterocycles. The number of anilines is 1. The summed E-state index contributed by atoms with van der Waals surface area (Å²) in [7, 11) is 0. The molecular formula is C16H19N3O2S. The molecule has 2 rings (SSSR count). The molecule has 22 heavy (non-hydrogen) atoms. The summed E-state index contributed by atoms with van der Waals surface area (Å²) < 4.78 is 0. The second kappa shape index (κ2) is 7.70. The van der Waals surface area contributed by atoms with Crippen LogP contribution in [-0.2, 0) is 11.3 Å². The van der Waals surface area contributed by atoms with E-state index in [0.29, 0.717) is 24.6 Å². The van der Waals surface area contributed by atoms with Crippen LogP contribution in [0.3, 0.4) is 0 Å². The van der Waals surface area contributed by atoms with Crippen molar-refractivity contribution in [1.82, 2.24) is 10.3 Å². The van der Waals surface area contributed by atoms with Crippen molar-refractivity contribution in [1.29, 1.82) is 0 Å². The molecule has 2 amide bonds. The van der Waals surface area contributed by atoms with Gasteiger partial charge in [0.1, 0.15) is 5.69 Å². The van der Waals surface area contributed by atoms with Gasteiger partial charge in [-0.05, 0) is 23.6 Å². The quantitative estimate of drug-likeness (QED) is 0.860. The summed E-state index contributed by atoms with van der Waals surface area (Å²) >= 11 is 1.38. The van der Waals surface area contributed by atoms with Crippen molar-refractivity contribution < 1.29 is 9.59 Å². The fraction of sp³-hybridized carbons (Fsp3) is 0.312. The van der Waals surface area contributed by atoms with Gasteiger partial charge in [-0.1, -0.05) is 26.0 Å². The lowest BCUT2D eigenvalue weighted by Crippen LogP contribution is -2.23. The molecule has 0 fully saturated rings. The molecule has 2 N–H and O–H groups in total. The topological polar surface area (TPSA) is 71.1 Å². The van der Waals surface area contributed by atoms with E-state index in [2.05, 4.69) is 15.6 Å². The highest BCUT2D eigenvalue weighted by Crippen LogP contribution is 2.12. The molecule has 1 heterocycles. The Bertz CT molecular complexity index is 639.